The summed E-state index contributed by atoms with van der Waals surface area (Å²) < 4.78 is 3.61. The molecule has 43 heavy (non-hydrogen) atoms. The van der Waals surface area contributed by atoms with Crippen LogP contribution in [0.2, 0.25) is 0 Å². The van der Waals surface area contributed by atoms with E-state index in [1.807, 2.05) is 67.0 Å². The average Bonchev–Trinajstić information content (AvgIpc) is 3.39. The summed E-state index contributed by atoms with van der Waals surface area (Å²) in [4.78, 5) is 4.33. The zero-order chi connectivity index (χ0) is 32.7. The van der Waals surface area contributed by atoms with Crippen molar-refractivity contribution in [3.05, 3.63) is 50.9 Å². The minimum Gasteiger partial charge on any atom is -0.238 e. The summed E-state index contributed by atoms with van der Waals surface area (Å²) in [5.74, 6) is 1.43. The molecule has 0 saturated heterocycles. The molecule has 0 unspecified atom stereocenters. The second-order valence-corrected chi connectivity index (χ2v) is 10.9. The molecule has 192 valence electrons. The number of hydrogen-bond donors (Lipinski definition) is 0. The third-order valence-electron chi connectivity index (χ3n) is 8.18. The zero-order valence-electron chi connectivity index (χ0n) is 26.7. The van der Waals surface area contributed by atoms with Crippen LogP contribution in [0.3, 0.4) is 0 Å². The number of aryl methyl sites for hydroxylation is 3. The van der Waals surface area contributed by atoms with Gasteiger partial charge in [-0.1, -0.05) is 33.0 Å². The van der Waals surface area contributed by atoms with Gasteiger partial charge < -0.3 is 0 Å². The highest BCUT2D eigenvalue weighted by molar-refractivity contribution is 7.36. The Bertz CT molecular complexity index is 1680. The van der Waals surface area contributed by atoms with Gasteiger partial charge in [0, 0.05) is 52.1 Å². The second kappa shape index (κ2) is 13.7. The van der Waals surface area contributed by atoms with Gasteiger partial charge in [0.1, 0.15) is 27.3 Å². The Morgan fingerprint density at radius 2 is 1.00 bits per heavy atom. The first-order valence-corrected chi connectivity index (χ1v) is 13.9. The van der Waals surface area contributed by atoms with Gasteiger partial charge in [0.25, 0.3) is 0 Å². The molecule has 0 bridgehead atoms. The third-order valence-corrected chi connectivity index (χ3v) is 8.18. The van der Waals surface area contributed by atoms with Crippen molar-refractivity contribution in [3.8, 4) is 11.4 Å². The molecule has 4 aromatic rings. The summed E-state index contributed by atoms with van der Waals surface area (Å²) in [5.41, 5.74) is 12.6. The maximum Gasteiger partial charge on any atom is 0.148 e. The van der Waals surface area contributed by atoms with Crippen molar-refractivity contribution >= 4 is 122 Å². The first-order chi connectivity index (χ1) is 20.0. The van der Waals surface area contributed by atoms with Gasteiger partial charge in [0.15, 0.2) is 0 Å². The number of hydrogen-bond acceptors (Lipinski definition) is 3. The summed E-state index contributed by atoms with van der Waals surface area (Å²) >= 11 is 0. The van der Waals surface area contributed by atoms with Crippen molar-refractivity contribution in [3.63, 3.8) is 0 Å². The molecule has 0 aliphatic rings. The monoisotopic (exact) mass is 541 g/mol. The van der Waals surface area contributed by atoms with Crippen molar-refractivity contribution in [2.45, 2.75) is 62.3 Å². The molecule has 0 N–H and O–H groups in total. The fourth-order valence-corrected chi connectivity index (χ4v) is 5.57. The van der Waals surface area contributed by atoms with Crippen LogP contribution in [0.4, 0.5) is 0 Å². The van der Waals surface area contributed by atoms with Crippen molar-refractivity contribution in [2.24, 2.45) is 0 Å². The van der Waals surface area contributed by atoms with Gasteiger partial charge >= 0.3 is 0 Å². The molecule has 2 aromatic carbocycles. The summed E-state index contributed by atoms with van der Waals surface area (Å²) in [6.07, 6.45) is 0. The third kappa shape index (κ3) is 6.38. The molecule has 0 saturated carbocycles. The van der Waals surface area contributed by atoms with Gasteiger partial charge in [-0.15, -0.1) is 10.9 Å². The molecule has 0 aliphatic carbocycles. The molecular formula is C26H27B12N5. The predicted octanol–water partition coefficient (Wildman–Crippen LogP) is -3.61. The van der Waals surface area contributed by atoms with Crippen molar-refractivity contribution in [1.82, 2.24) is 24.5 Å². The van der Waals surface area contributed by atoms with Crippen LogP contribution < -0.4 is 32.8 Å². The lowest BCUT2D eigenvalue weighted by Gasteiger charge is -2.25. The molecule has 2 aromatic heterocycles. The van der Waals surface area contributed by atoms with Gasteiger partial charge in [0.05, 0.1) is 44.4 Å². The van der Waals surface area contributed by atoms with Crippen LogP contribution in [-0.4, -0.2) is 114 Å². The zero-order valence-corrected chi connectivity index (χ0v) is 26.7. The van der Waals surface area contributed by atoms with E-state index in [4.69, 9.17) is 62.1 Å². The largest absolute Gasteiger partial charge is 0.238 e. The molecular weight excluding hydrogens is 512 g/mol. The van der Waals surface area contributed by atoms with Crippen LogP contribution in [0.25, 0.3) is 11.4 Å². The highest BCUT2D eigenvalue weighted by Crippen LogP contribution is 2.19. The Balaban J connectivity index is 0.000000236. The second-order valence-electron chi connectivity index (χ2n) is 10.9. The topological polar surface area (TPSA) is 48.5 Å². The van der Waals surface area contributed by atoms with Gasteiger partial charge in [0.2, 0.25) is 0 Å². The lowest BCUT2D eigenvalue weighted by Crippen LogP contribution is -2.48. The lowest BCUT2D eigenvalue weighted by atomic mass is 9.16. The van der Waals surface area contributed by atoms with E-state index in [2.05, 4.69) is 15.2 Å². The minimum absolute atomic E-state index is 0.599. The molecule has 4 rings (SSSR count). The molecule has 18 radical (unpaired) electrons. The molecule has 5 nitrogen and oxygen atoms in total. The number of benzene rings is 2. The van der Waals surface area contributed by atoms with E-state index in [1.54, 1.807) is 4.68 Å². The Labute approximate surface area is 270 Å². The van der Waals surface area contributed by atoms with Gasteiger partial charge in [-0.25, -0.2) is 14.3 Å². The Morgan fingerprint density at radius 1 is 0.581 bits per heavy atom. The molecule has 17 heteroatoms. The maximum atomic E-state index is 6.26. The molecule has 0 spiro atoms. The van der Waals surface area contributed by atoms with Crippen LogP contribution >= 0.6 is 0 Å². The Hall–Kier alpha value is -2.43. The molecule has 2 heterocycles. The number of nitrogens with zero attached hydrogens (tertiary/aromatic N) is 5. The SMILES string of the molecule is [B][B]c1c([B])c(C)c(-n2nc(C)c(C)c2C)c(B([B])[B])c1C.[B][B]c1c([B])c(C)c(-n2nc(C)nc2C)c(B([B])[B])c1C. The van der Waals surface area contributed by atoms with E-state index < -0.39 is 13.0 Å². The Morgan fingerprint density at radius 3 is 1.30 bits per heavy atom. The van der Waals surface area contributed by atoms with E-state index in [1.165, 1.54) is 14.3 Å². The van der Waals surface area contributed by atoms with E-state index in [0.717, 1.165) is 78.3 Å². The fourth-order valence-electron chi connectivity index (χ4n) is 5.57. The molecule has 0 fully saturated rings. The van der Waals surface area contributed by atoms with E-state index in [9.17, 15) is 0 Å². The standard InChI is InChI=1S/C14H15B6N2.C12H12B6N3/c1-6-9(4)21-22(10(6)5)14-7(2)11(15)12(19-16)8(3)13(14)20(17)18;1-5-9(13)10(17-14)6(2)11(18(15)16)12(5)21-8(4)19-7(3)20-21/h1-5H3;1-4H3. The first-order valence-electron chi connectivity index (χ1n) is 13.9. The number of aromatic nitrogens is 5. The average molecular weight is 539 g/mol. The lowest BCUT2D eigenvalue weighted by molar-refractivity contribution is 0.830. The quantitative estimate of drug-likeness (QED) is 0.238. The highest BCUT2D eigenvalue weighted by atomic mass is 15.3. The normalized spacial score (nSPS) is 10.7. The number of rotatable bonds is 6. The van der Waals surface area contributed by atoms with Gasteiger partial charge in [-0.05, 0) is 79.0 Å². The van der Waals surface area contributed by atoms with Crippen molar-refractivity contribution in [1.29, 1.82) is 0 Å². The van der Waals surface area contributed by atoms with Crippen molar-refractivity contribution < 1.29 is 0 Å². The minimum atomic E-state index is -0.665. The molecule has 0 amide bonds. The van der Waals surface area contributed by atoms with Gasteiger partial charge in [-0.2, -0.15) is 10.2 Å². The van der Waals surface area contributed by atoms with Crippen molar-refractivity contribution in [2.75, 3.05) is 0 Å². The molecule has 0 aliphatic heterocycles. The van der Waals surface area contributed by atoms with Crippen LogP contribution in [0, 0.1) is 62.3 Å². The van der Waals surface area contributed by atoms with E-state index in [0.29, 0.717) is 16.8 Å². The highest BCUT2D eigenvalue weighted by Gasteiger charge is 2.23. The fraction of sp³-hybridized carbons (Fsp3) is 0.346. The summed E-state index contributed by atoms with van der Waals surface area (Å²) in [6.45, 7) is 16.1. The summed E-state index contributed by atoms with van der Waals surface area (Å²) in [6, 6.07) is 0. The maximum absolute atomic E-state index is 6.26. The molecule has 0 atom stereocenters. The smallest absolute Gasteiger partial charge is 0.148 e. The van der Waals surface area contributed by atoms with E-state index in [-0.39, 0.29) is 0 Å². The Kier molecular flexibility index (Phi) is 11.2. The summed E-state index contributed by atoms with van der Waals surface area (Å²) in [5, 5.41) is 9.05. The van der Waals surface area contributed by atoms with Crippen LogP contribution in [-0.2, 0) is 0 Å². The summed E-state index contributed by atoms with van der Waals surface area (Å²) in [7, 11) is 50.9. The van der Waals surface area contributed by atoms with Crippen LogP contribution in [0.5, 0.6) is 0 Å². The van der Waals surface area contributed by atoms with Gasteiger partial charge in [-0.3, -0.25) is 0 Å². The predicted molar refractivity (Wildman–Crippen MR) is 194 cm³/mol. The van der Waals surface area contributed by atoms with E-state index >= 15 is 0 Å². The van der Waals surface area contributed by atoms with Crippen LogP contribution in [0.1, 0.15) is 50.9 Å². The van der Waals surface area contributed by atoms with Crippen LogP contribution in [0.15, 0.2) is 0 Å². The first kappa shape index (κ1) is 35.1.